The van der Waals surface area contributed by atoms with Crippen molar-refractivity contribution in [3.8, 4) is 0 Å². The zero-order valence-corrected chi connectivity index (χ0v) is 9.05. The van der Waals surface area contributed by atoms with Crippen molar-refractivity contribution in [1.29, 1.82) is 0 Å². The molecule has 0 aliphatic heterocycles. The minimum Gasteiger partial charge on any atom is -0.392 e. The molecule has 0 unspecified atom stereocenters. The van der Waals surface area contributed by atoms with Gasteiger partial charge in [-0.15, -0.1) is 0 Å². The molecule has 78 valence electrons. The summed E-state index contributed by atoms with van der Waals surface area (Å²) in [4.78, 5) is 11.5. The third-order valence-electron chi connectivity index (χ3n) is 2.40. The highest BCUT2D eigenvalue weighted by Crippen LogP contribution is 2.16. The van der Waals surface area contributed by atoms with Gasteiger partial charge in [0, 0.05) is 12.3 Å². The molecule has 0 saturated heterocycles. The van der Waals surface area contributed by atoms with E-state index in [1.54, 1.807) is 0 Å². The second-order valence-corrected chi connectivity index (χ2v) is 3.59. The van der Waals surface area contributed by atoms with Crippen LogP contribution in [0.4, 0.5) is 0 Å². The molecule has 0 heterocycles. The number of carbonyl (C=O) groups excluding carboxylic acids is 1. The van der Waals surface area contributed by atoms with E-state index < -0.39 is 6.10 Å². The van der Waals surface area contributed by atoms with Gasteiger partial charge in [-0.2, -0.15) is 0 Å². The molecule has 0 aromatic heterocycles. The van der Waals surface area contributed by atoms with E-state index in [0.717, 1.165) is 25.7 Å². The quantitative estimate of drug-likeness (QED) is 0.663. The van der Waals surface area contributed by atoms with Crippen LogP contribution >= 0.6 is 0 Å². The summed E-state index contributed by atoms with van der Waals surface area (Å²) in [6.07, 6.45) is 3.52. The molecule has 0 aliphatic carbocycles. The molecule has 0 radical (unpaired) electrons. The van der Waals surface area contributed by atoms with Gasteiger partial charge in [-0.3, -0.25) is 4.79 Å². The van der Waals surface area contributed by atoms with Crippen molar-refractivity contribution >= 4 is 5.78 Å². The molecule has 2 nitrogen and oxygen atoms in total. The topological polar surface area (TPSA) is 37.3 Å². The van der Waals surface area contributed by atoms with E-state index in [1.165, 1.54) is 0 Å². The largest absolute Gasteiger partial charge is 0.392 e. The van der Waals surface area contributed by atoms with Crippen LogP contribution < -0.4 is 0 Å². The van der Waals surface area contributed by atoms with Gasteiger partial charge in [-0.1, -0.05) is 27.2 Å². The predicted molar refractivity (Wildman–Crippen MR) is 54.6 cm³/mol. The van der Waals surface area contributed by atoms with Crippen molar-refractivity contribution in [3.05, 3.63) is 0 Å². The maximum Gasteiger partial charge on any atom is 0.138 e. The zero-order chi connectivity index (χ0) is 10.3. The molecular weight excluding hydrogens is 164 g/mol. The Morgan fingerprint density at radius 2 is 1.85 bits per heavy atom. The maximum absolute atomic E-state index is 11.5. The Morgan fingerprint density at radius 3 is 2.23 bits per heavy atom. The standard InChI is InChI=1S/C11H22O2/c1-4-7-10(12)9(6-3)11(13)8-5-2/h9-10,12H,4-8H2,1-3H3/t9-,10+/m1/s1. The fraction of sp³-hybridized carbons (Fsp3) is 0.909. The SMILES string of the molecule is CCCC(=O)[C@H](CC)[C@@H](O)CCC. The monoisotopic (exact) mass is 186 g/mol. The lowest BCUT2D eigenvalue weighted by atomic mass is 9.90. The van der Waals surface area contributed by atoms with Crippen molar-refractivity contribution in [1.82, 2.24) is 0 Å². The van der Waals surface area contributed by atoms with E-state index in [1.807, 2.05) is 20.8 Å². The molecule has 0 spiro atoms. The highest BCUT2D eigenvalue weighted by atomic mass is 16.3. The average Bonchev–Trinajstić information content (AvgIpc) is 2.06. The third-order valence-corrected chi connectivity index (χ3v) is 2.40. The summed E-state index contributed by atoms with van der Waals surface area (Å²) in [6, 6.07) is 0. The third kappa shape index (κ3) is 4.41. The van der Waals surface area contributed by atoms with Gasteiger partial charge >= 0.3 is 0 Å². The highest BCUT2D eigenvalue weighted by molar-refractivity contribution is 5.81. The smallest absolute Gasteiger partial charge is 0.138 e. The van der Waals surface area contributed by atoms with Crippen molar-refractivity contribution < 1.29 is 9.90 Å². The molecule has 1 N–H and O–H groups in total. The van der Waals surface area contributed by atoms with Crippen LogP contribution in [-0.2, 0) is 4.79 Å². The lowest BCUT2D eigenvalue weighted by Crippen LogP contribution is -2.27. The lowest BCUT2D eigenvalue weighted by molar-refractivity contribution is -0.126. The zero-order valence-electron chi connectivity index (χ0n) is 9.05. The van der Waals surface area contributed by atoms with E-state index in [4.69, 9.17) is 0 Å². The Balaban J connectivity index is 4.06. The van der Waals surface area contributed by atoms with Crippen molar-refractivity contribution in [3.63, 3.8) is 0 Å². The van der Waals surface area contributed by atoms with Gasteiger partial charge in [0.2, 0.25) is 0 Å². The van der Waals surface area contributed by atoms with Gasteiger partial charge in [0.25, 0.3) is 0 Å². The Labute approximate surface area is 81.3 Å². The number of aliphatic hydroxyl groups excluding tert-OH is 1. The van der Waals surface area contributed by atoms with Crippen molar-refractivity contribution in [2.24, 2.45) is 5.92 Å². The molecule has 2 heteroatoms. The second kappa shape index (κ2) is 7.07. The van der Waals surface area contributed by atoms with Gasteiger partial charge in [0.05, 0.1) is 6.10 Å². The normalized spacial score (nSPS) is 15.4. The number of ketones is 1. The molecular formula is C11H22O2. The van der Waals surface area contributed by atoms with Gasteiger partial charge in [0.15, 0.2) is 0 Å². The van der Waals surface area contributed by atoms with Gasteiger partial charge in [-0.05, 0) is 19.3 Å². The molecule has 2 atom stereocenters. The van der Waals surface area contributed by atoms with Crippen LogP contribution in [0, 0.1) is 5.92 Å². The van der Waals surface area contributed by atoms with Gasteiger partial charge < -0.3 is 5.11 Å². The Kier molecular flexibility index (Phi) is 6.87. The molecule has 0 bridgehead atoms. The van der Waals surface area contributed by atoms with Crippen LogP contribution in [0.1, 0.15) is 52.9 Å². The van der Waals surface area contributed by atoms with Crippen LogP contribution in [0.5, 0.6) is 0 Å². The summed E-state index contributed by atoms with van der Waals surface area (Å²) in [5, 5.41) is 9.69. The molecule has 0 rings (SSSR count). The van der Waals surface area contributed by atoms with E-state index in [9.17, 15) is 9.90 Å². The van der Waals surface area contributed by atoms with Crippen LogP contribution in [0.15, 0.2) is 0 Å². The fourth-order valence-electron chi connectivity index (χ4n) is 1.64. The molecule has 0 fully saturated rings. The minimum atomic E-state index is -0.422. The first kappa shape index (κ1) is 12.6. The van der Waals surface area contributed by atoms with E-state index in [2.05, 4.69) is 0 Å². The molecule has 0 aromatic carbocycles. The first-order valence-electron chi connectivity index (χ1n) is 5.38. The Morgan fingerprint density at radius 1 is 1.23 bits per heavy atom. The van der Waals surface area contributed by atoms with Crippen molar-refractivity contribution in [2.45, 2.75) is 59.0 Å². The van der Waals surface area contributed by atoms with E-state index in [0.29, 0.717) is 6.42 Å². The summed E-state index contributed by atoms with van der Waals surface area (Å²) in [5.74, 6) is 0.103. The number of rotatable bonds is 7. The molecule has 0 aromatic rings. The van der Waals surface area contributed by atoms with Crippen LogP contribution in [0.25, 0.3) is 0 Å². The summed E-state index contributed by atoms with van der Waals surface area (Å²) in [7, 11) is 0. The van der Waals surface area contributed by atoms with Crippen LogP contribution in [-0.4, -0.2) is 17.0 Å². The lowest BCUT2D eigenvalue weighted by Gasteiger charge is -2.19. The maximum atomic E-state index is 11.5. The Hall–Kier alpha value is -0.370. The number of hydrogen-bond donors (Lipinski definition) is 1. The number of Topliss-reactive ketones (excluding diaryl/α,β-unsaturated/α-hetero) is 1. The van der Waals surface area contributed by atoms with Crippen LogP contribution in [0.2, 0.25) is 0 Å². The van der Waals surface area contributed by atoms with E-state index in [-0.39, 0.29) is 11.7 Å². The first-order chi connectivity index (χ1) is 6.17. The molecule has 0 saturated carbocycles. The summed E-state index contributed by atoms with van der Waals surface area (Å²) < 4.78 is 0. The van der Waals surface area contributed by atoms with Gasteiger partial charge in [-0.25, -0.2) is 0 Å². The van der Waals surface area contributed by atoms with Gasteiger partial charge in [0.1, 0.15) is 5.78 Å². The summed E-state index contributed by atoms with van der Waals surface area (Å²) in [6.45, 7) is 5.99. The average molecular weight is 186 g/mol. The van der Waals surface area contributed by atoms with Crippen LogP contribution in [0.3, 0.4) is 0 Å². The van der Waals surface area contributed by atoms with Crippen molar-refractivity contribution in [2.75, 3.05) is 0 Å². The number of hydrogen-bond acceptors (Lipinski definition) is 2. The molecule has 0 aliphatic rings. The number of carbonyl (C=O) groups is 1. The predicted octanol–water partition coefficient (Wildman–Crippen LogP) is 2.54. The molecule has 13 heavy (non-hydrogen) atoms. The Bertz CT molecular complexity index is 143. The minimum absolute atomic E-state index is 0.125. The first-order valence-corrected chi connectivity index (χ1v) is 5.38. The second-order valence-electron chi connectivity index (χ2n) is 3.59. The number of aliphatic hydroxyl groups is 1. The summed E-state index contributed by atoms with van der Waals surface area (Å²) in [5.41, 5.74) is 0. The highest BCUT2D eigenvalue weighted by Gasteiger charge is 2.22. The van der Waals surface area contributed by atoms with E-state index >= 15 is 0 Å². The summed E-state index contributed by atoms with van der Waals surface area (Å²) >= 11 is 0. The molecule has 0 amide bonds. The fourth-order valence-corrected chi connectivity index (χ4v) is 1.64.